The number of nitrogens with one attached hydrogen (secondary N) is 1. The Morgan fingerprint density at radius 1 is 1.30 bits per heavy atom. The number of aryl methyl sites for hydroxylation is 1. The molecule has 8 nitrogen and oxygen atoms in total. The Morgan fingerprint density at radius 2 is 2.07 bits per heavy atom. The highest BCUT2D eigenvalue weighted by Gasteiger charge is 2.11. The Balaban J connectivity index is 1.62. The van der Waals surface area contributed by atoms with Gasteiger partial charge in [0.15, 0.2) is 5.16 Å². The summed E-state index contributed by atoms with van der Waals surface area (Å²) in [7, 11) is 1.90. The molecular weight excluding hydrogens is 366 g/mol. The summed E-state index contributed by atoms with van der Waals surface area (Å²) in [6, 6.07) is 13.9. The summed E-state index contributed by atoms with van der Waals surface area (Å²) in [4.78, 5) is 26.9. The van der Waals surface area contributed by atoms with Crippen molar-refractivity contribution in [3.63, 3.8) is 0 Å². The molecule has 0 saturated heterocycles. The van der Waals surface area contributed by atoms with E-state index in [4.69, 9.17) is 0 Å². The van der Waals surface area contributed by atoms with Crippen LogP contribution in [0, 0.1) is 10.1 Å². The number of carbonyl (C=O) groups is 1. The summed E-state index contributed by atoms with van der Waals surface area (Å²) >= 11 is 1.32. The zero-order valence-corrected chi connectivity index (χ0v) is 15.6. The maximum absolute atomic E-state index is 12.1. The minimum Gasteiger partial charge on any atom is -0.322 e. The second-order valence-corrected chi connectivity index (χ2v) is 6.71. The summed E-state index contributed by atoms with van der Waals surface area (Å²) in [6.07, 6.45) is 0. The summed E-state index contributed by atoms with van der Waals surface area (Å²) in [5.74, 6) is -0.125. The fourth-order valence-corrected chi connectivity index (χ4v) is 3.25. The van der Waals surface area contributed by atoms with Gasteiger partial charge in [-0.2, -0.15) is 5.10 Å². The number of rotatable bonds is 6. The summed E-state index contributed by atoms with van der Waals surface area (Å²) in [5.41, 5.74) is 5.39. The molecule has 2 aromatic carbocycles. The number of carbonyl (C=O) groups excluding carboxylic acids is 1. The molecule has 9 heteroatoms. The molecule has 0 spiro atoms. The van der Waals surface area contributed by atoms with Crippen molar-refractivity contribution in [1.29, 1.82) is 0 Å². The lowest BCUT2D eigenvalue weighted by Crippen LogP contribution is -2.21. The van der Waals surface area contributed by atoms with Gasteiger partial charge in [-0.1, -0.05) is 36.0 Å². The summed E-state index contributed by atoms with van der Waals surface area (Å²) in [5, 5.41) is 15.6. The van der Waals surface area contributed by atoms with Gasteiger partial charge in [-0.05, 0) is 19.1 Å². The molecule has 3 rings (SSSR count). The Bertz CT molecular complexity index is 1040. The smallest absolute Gasteiger partial charge is 0.270 e. The Hall–Kier alpha value is -3.20. The van der Waals surface area contributed by atoms with E-state index >= 15 is 0 Å². The van der Waals surface area contributed by atoms with Gasteiger partial charge in [0.1, 0.15) is 0 Å². The second kappa shape index (κ2) is 8.00. The maximum Gasteiger partial charge on any atom is 0.270 e. The number of aromatic nitrogens is 2. The molecule has 0 atom stereocenters. The number of nitro groups is 1. The van der Waals surface area contributed by atoms with Crippen LogP contribution in [-0.2, 0) is 11.8 Å². The van der Waals surface area contributed by atoms with E-state index < -0.39 is 4.92 Å². The lowest BCUT2D eigenvalue weighted by atomic mass is 10.1. The second-order valence-electron chi connectivity index (χ2n) is 5.77. The number of nitrogens with zero attached hydrogens (tertiary/aromatic N) is 4. The van der Waals surface area contributed by atoms with Crippen LogP contribution in [0.4, 0.5) is 5.69 Å². The number of imidazole rings is 1. The van der Waals surface area contributed by atoms with E-state index in [1.807, 2.05) is 35.9 Å². The number of hydrogen-bond donors (Lipinski definition) is 1. The highest BCUT2D eigenvalue weighted by molar-refractivity contribution is 7.99. The fourth-order valence-electron chi connectivity index (χ4n) is 2.47. The molecular formula is C18H17N5O3S. The molecule has 1 aromatic heterocycles. The van der Waals surface area contributed by atoms with Gasteiger partial charge in [0.05, 0.1) is 27.4 Å². The third-order valence-electron chi connectivity index (χ3n) is 3.90. The number of fused-ring (bicyclic) bond motifs is 1. The predicted octanol–water partition coefficient (Wildman–Crippen LogP) is 3.11. The van der Waals surface area contributed by atoms with E-state index in [0.717, 1.165) is 16.2 Å². The van der Waals surface area contributed by atoms with E-state index in [-0.39, 0.29) is 17.3 Å². The zero-order chi connectivity index (χ0) is 19.4. The van der Waals surface area contributed by atoms with Crippen molar-refractivity contribution >= 4 is 40.1 Å². The summed E-state index contributed by atoms with van der Waals surface area (Å²) in [6.45, 7) is 1.68. The fraction of sp³-hybridized carbons (Fsp3) is 0.167. The largest absolute Gasteiger partial charge is 0.322 e. The van der Waals surface area contributed by atoms with Gasteiger partial charge < -0.3 is 4.57 Å². The van der Waals surface area contributed by atoms with E-state index in [1.165, 1.54) is 23.9 Å². The molecule has 27 heavy (non-hydrogen) atoms. The molecule has 0 aliphatic heterocycles. The van der Waals surface area contributed by atoms with Crippen LogP contribution >= 0.6 is 11.8 Å². The van der Waals surface area contributed by atoms with Gasteiger partial charge in [-0.15, -0.1) is 0 Å². The first kappa shape index (κ1) is 18.6. The van der Waals surface area contributed by atoms with E-state index in [9.17, 15) is 14.9 Å². The quantitative estimate of drug-likeness (QED) is 0.305. The Morgan fingerprint density at radius 3 is 2.81 bits per heavy atom. The Kier molecular flexibility index (Phi) is 5.51. The molecule has 0 unspecified atom stereocenters. The van der Waals surface area contributed by atoms with Crippen LogP contribution in [-0.4, -0.2) is 31.8 Å². The number of para-hydroxylation sites is 2. The van der Waals surface area contributed by atoms with Crippen LogP contribution in [0.2, 0.25) is 0 Å². The van der Waals surface area contributed by atoms with Gasteiger partial charge >= 0.3 is 0 Å². The van der Waals surface area contributed by atoms with Crippen LogP contribution in [0.5, 0.6) is 0 Å². The highest BCUT2D eigenvalue weighted by Crippen LogP contribution is 2.22. The van der Waals surface area contributed by atoms with E-state index in [2.05, 4.69) is 15.5 Å². The number of benzene rings is 2. The molecule has 0 bridgehead atoms. The number of hydrogen-bond acceptors (Lipinski definition) is 6. The summed E-state index contributed by atoms with van der Waals surface area (Å²) < 4.78 is 1.94. The third-order valence-corrected chi connectivity index (χ3v) is 4.93. The molecule has 1 N–H and O–H groups in total. The van der Waals surface area contributed by atoms with Crippen molar-refractivity contribution in [2.75, 3.05) is 5.75 Å². The minimum absolute atomic E-state index is 0.0224. The number of non-ortho nitro benzene ring substituents is 1. The standard InChI is InChI=1S/C18H17N5O3S/c1-12(13-6-5-7-14(10-13)23(25)26)20-21-17(24)11-27-18-19-15-8-3-4-9-16(15)22(18)2/h3-10H,11H2,1-2H3,(H,21,24)/b20-12-. The van der Waals surface area contributed by atoms with Gasteiger partial charge in [0.25, 0.3) is 11.6 Å². The number of amides is 1. The molecule has 3 aromatic rings. The van der Waals surface area contributed by atoms with Crippen LogP contribution in [0.3, 0.4) is 0 Å². The van der Waals surface area contributed by atoms with Crippen molar-refractivity contribution < 1.29 is 9.72 Å². The van der Waals surface area contributed by atoms with Crippen molar-refractivity contribution in [3.8, 4) is 0 Å². The topological polar surface area (TPSA) is 102 Å². The molecule has 138 valence electrons. The van der Waals surface area contributed by atoms with Crippen LogP contribution in [0.15, 0.2) is 58.8 Å². The van der Waals surface area contributed by atoms with E-state index in [0.29, 0.717) is 11.3 Å². The molecule has 1 amide bonds. The molecule has 0 fully saturated rings. The van der Waals surface area contributed by atoms with Crippen molar-refractivity contribution in [3.05, 3.63) is 64.2 Å². The normalized spacial score (nSPS) is 11.6. The van der Waals surface area contributed by atoms with Crippen molar-refractivity contribution in [2.45, 2.75) is 12.1 Å². The molecule has 0 aliphatic rings. The minimum atomic E-state index is -0.469. The Labute approximate surface area is 159 Å². The first-order valence-corrected chi connectivity index (χ1v) is 9.06. The van der Waals surface area contributed by atoms with Crippen LogP contribution < -0.4 is 5.43 Å². The lowest BCUT2D eigenvalue weighted by Gasteiger charge is -2.04. The van der Waals surface area contributed by atoms with E-state index in [1.54, 1.807) is 19.1 Å². The zero-order valence-electron chi connectivity index (χ0n) is 14.7. The van der Waals surface area contributed by atoms with Gasteiger partial charge in [0, 0.05) is 24.7 Å². The molecule has 0 saturated carbocycles. The van der Waals surface area contributed by atoms with Crippen LogP contribution in [0.1, 0.15) is 12.5 Å². The number of thioether (sulfide) groups is 1. The highest BCUT2D eigenvalue weighted by atomic mass is 32.2. The predicted molar refractivity (Wildman–Crippen MR) is 105 cm³/mol. The van der Waals surface area contributed by atoms with Gasteiger partial charge in [-0.3, -0.25) is 14.9 Å². The van der Waals surface area contributed by atoms with Gasteiger partial charge in [-0.25, -0.2) is 10.4 Å². The lowest BCUT2D eigenvalue weighted by molar-refractivity contribution is -0.384. The van der Waals surface area contributed by atoms with Gasteiger partial charge in [0.2, 0.25) is 0 Å². The SMILES string of the molecule is C/C(=N/NC(=O)CSc1nc2ccccc2n1C)c1cccc([N+](=O)[O-])c1. The number of hydrazone groups is 1. The van der Waals surface area contributed by atoms with Crippen molar-refractivity contribution in [1.82, 2.24) is 15.0 Å². The van der Waals surface area contributed by atoms with Crippen molar-refractivity contribution in [2.24, 2.45) is 12.1 Å². The first-order valence-electron chi connectivity index (χ1n) is 8.08. The monoisotopic (exact) mass is 383 g/mol. The molecule has 1 heterocycles. The maximum atomic E-state index is 12.1. The third kappa shape index (κ3) is 4.32. The number of nitro benzene ring substituents is 1. The molecule has 0 radical (unpaired) electrons. The van der Waals surface area contributed by atoms with Crippen LogP contribution in [0.25, 0.3) is 11.0 Å². The average Bonchev–Trinajstić information content (AvgIpc) is 3.00. The first-order chi connectivity index (χ1) is 13.0. The average molecular weight is 383 g/mol. The molecule has 0 aliphatic carbocycles.